The first-order valence-electron chi connectivity index (χ1n) is 8.19. The number of hydrogen-bond donors (Lipinski definition) is 1. The van der Waals surface area contributed by atoms with Crippen molar-refractivity contribution in [3.8, 4) is 5.69 Å². The summed E-state index contributed by atoms with van der Waals surface area (Å²) in [6.07, 6.45) is 0. The van der Waals surface area contributed by atoms with Crippen molar-refractivity contribution in [3.63, 3.8) is 0 Å². The molecular weight excluding hydrogens is 366 g/mol. The van der Waals surface area contributed by atoms with Gasteiger partial charge in [0.2, 0.25) is 0 Å². The number of aromatic nitrogens is 3. The molecule has 0 saturated carbocycles. The van der Waals surface area contributed by atoms with E-state index in [9.17, 15) is 14.9 Å². The lowest BCUT2D eigenvalue weighted by molar-refractivity contribution is -0.384. The second-order valence-electron chi connectivity index (χ2n) is 5.63. The number of amides is 1. The van der Waals surface area contributed by atoms with Gasteiger partial charge in [-0.1, -0.05) is 29.5 Å². The van der Waals surface area contributed by atoms with Crippen molar-refractivity contribution in [3.05, 3.63) is 76.1 Å². The van der Waals surface area contributed by atoms with Crippen LogP contribution in [0.4, 0.5) is 5.69 Å². The number of hydrogen-bond acceptors (Lipinski definition) is 6. The topological polar surface area (TPSA) is 103 Å². The number of thioether (sulfide) groups is 1. The van der Waals surface area contributed by atoms with Crippen molar-refractivity contribution in [2.24, 2.45) is 0 Å². The van der Waals surface area contributed by atoms with Crippen molar-refractivity contribution in [1.82, 2.24) is 20.3 Å². The summed E-state index contributed by atoms with van der Waals surface area (Å²) in [7, 11) is 0. The maximum Gasteiger partial charge on any atom is 0.273 e. The first-order valence-corrected chi connectivity index (χ1v) is 9.18. The van der Waals surface area contributed by atoms with Gasteiger partial charge in [0.05, 0.1) is 16.3 Å². The van der Waals surface area contributed by atoms with Gasteiger partial charge in [0.25, 0.3) is 11.6 Å². The molecule has 2 aromatic carbocycles. The van der Waals surface area contributed by atoms with Gasteiger partial charge in [-0.25, -0.2) is 4.68 Å². The molecule has 0 saturated heterocycles. The quantitative estimate of drug-likeness (QED) is 0.291. The second kappa shape index (κ2) is 8.45. The van der Waals surface area contributed by atoms with Crippen molar-refractivity contribution in [1.29, 1.82) is 0 Å². The summed E-state index contributed by atoms with van der Waals surface area (Å²) in [5.41, 5.74) is 1.15. The third-order valence-electron chi connectivity index (χ3n) is 3.79. The molecule has 1 aromatic heterocycles. The van der Waals surface area contributed by atoms with E-state index in [-0.39, 0.29) is 17.3 Å². The zero-order valence-corrected chi connectivity index (χ0v) is 15.3. The summed E-state index contributed by atoms with van der Waals surface area (Å²) in [6.45, 7) is 2.19. The fourth-order valence-electron chi connectivity index (χ4n) is 2.46. The van der Waals surface area contributed by atoms with Gasteiger partial charge >= 0.3 is 0 Å². The van der Waals surface area contributed by atoms with Crippen LogP contribution in [0.15, 0.2) is 59.5 Å². The Bertz CT molecular complexity index is 959. The lowest BCUT2D eigenvalue weighted by Gasteiger charge is -2.05. The van der Waals surface area contributed by atoms with Crippen LogP contribution in [0, 0.1) is 17.0 Å². The van der Waals surface area contributed by atoms with Gasteiger partial charge in [-0.05, 0) is 25.1 Å². The van der Waals surface area contributed by atoms with E-state index in [4.69, 9.17) is 0 Å². The van der Waals surface area contributed by atoms with Crippen molar-refractivity contribution in [2.75, 3.05) is 12.3 Å². The van der Waals surface area contributed by atoms with Crippen LogP contribution in [-0.2, 0) is 0 Å². The highest BCUT2D eigenvalue weighted by atomic mass is 32.2. The molecule has 1 N–H and O–H groups in total. The van der Waals surface area contributed by atoms with Gasteiger partial charge in [-0.3, -0.25) is 14.9 Å². The van der Waals surface area contributed by atoms with E-state index in [1.165, 1.54) is 16.8 Å². The number of nitro benzene ring substituents is 1. The second-order valence-corrected chi connectivity index (χ2v) is 6.80. The molecule has 3 aromatic rings. The van der Waals surface area contributed by atoms with Gasteiger partial charge in [0.15, 0.2) is 5.69 Å². The Morgan fingerprint density at radius 2 is 2.00 bits per heavy atom. The van der Waals surface area contributed by atoms with Crippen LogP contribution in [0.1, 0.15) is 16.2 Å². The average Bonchev–Trinajstić information content (AvgIpc) is 3.07. The molecule has 1 amide bonds. The highest BCUT2D eigenvalue weighted by molar-refractivity contribution is 7.99. The SMILES string of the molecule is Cc1c(C(=O)NCCSc2ccccc2)nnn1-c1cccc([N+](=O)[O-])c1. The molecule has 0 aliphatic carbocycles. The summed E-state index contributed by atoms with van der Waals surface area (Å²) >= 11 is 1.65. The molecule has 0 fully saturated rings. The Hall–Kier alpha value is -3.20. The fourth-order valence-corrected chi connectivity index (χ4v) is 3.25. The summed E-state index contributed by atoms with van der Waals surface area (Å²) in [5, 5.41) is 21.6. The molecule has 0 bridgehead atoms. The number of rotatable bonds is 7. The summed E-state index contributed by atoms with van der Waals surface area (Å²) in [4.78, 5) is 23.9. The lowest BCUT2D eigenvalue weighted by atomic mass is 10.2. The molecule has 8 nitrogen and oxygen atoms in total. The van der Waals surface area contributed by atoms with Crippen LogP contribution in [0.5, 0.6) is 0 Å². The normalized spacial score (nSPS) is 10.6. The molecule has 0 aliphatic heterocycles. The maximum absolute atomic E-state index is 12.4. The number of nitrogens with one attached hydrogen (secondary N) is 1. The minimum Gasteiger partial charge on any atom is -0.350 e. The predicted molar refractivity (Wildman–Crippen MR) is 102 cm³/mol. The van der Waals surface area contributed by atoms with Crippen LogP contribution in [0.2, 0.25) is 0 Å². The highest BCUT2D eigenvalue weighted by Gasteiger charge is 2.18. The van der Waals surface area contributed by atoms with E-state index >= 15 is 0 Å². The van der Waals surface area contributed by atoms with Crippen LogP contribution in [0.3, 0.4) is 0 Å². The monoisotopic (exact) mass is 383 g/mol. The number of nitro groups is 1. The minimum atomic E-state index is -0.478. The van der Waals surface area contributed by atoms with Gasteiger partial charge in [-0.2, -0.15) is 0 Å². The Kier molecular flexibility index (Phi) is 5.82. The Morgan fingerprint density at radius 1 is 1.22 bits per heavy atom. The van der Waals surface area contributed by atoms with E-state index in [1.807, 2.05) is 30.3 Å². The largest absolute Gasteiger partial charge is 0.350 e. The molecule has 1 heterocycles. The molecule has 27 heavy (non-hydrogen) atoms. The molecule has 9 heteroatoms. The Labute approximate surface area is 159 Å². The minimum absolute atomic E-state index is 0.0497. The third-order valence-corrected chi connectivity index (χ3v) is 4.81. The Balaban J connectivity index is 1.63. The van der Waals surface area contributed by atoms with E-state index in [1.54, 1.807) is 30.8 Å². The molecule has 0 spiro atoms. The smallest absolute Gasteiger partial charge is 0.273 e. The van der Waals surface area contributed by atoms with Crippen molar-refractivity contribution < 1.29 is 9.72 Å². The third kappa shape index (κ3) is 4.50. The van der Waals surface area contributed by atoms with Crippen molar-refractivity contribution in [2.45, 2.75) is 11.8 Å². The first kappa shape index (κ1) is 18.6. The number of carbonyl (C=O) groups is 1. The number of nitrogens with zero attached hydrogens (tertiary/aromatic N) is 4. The number of carbonyl (C=O) groups excluding carboxylic acids is 1. The van der Waals surface area contributed by atoms with Crippen LogP contribution in [-0.4, -0.2) is 38.1 Å². The molecule has 0 aliphatic rings. The maximum atomic E-state index is 12.4. The van der Waals surface area contributed by atoms with Gasteiger partial charge in [0, 0.05) is 29.3 Å². The average molecular weight is 383 g/mol. The van der Waals surface area contributed by atoms with Gasteiger partial charge < -0.3 is 5.32 Å². The zero-order valence-electron chi connectivity index (χ0n) is 14.5. The summed E-state index contributed by atoms with van der Waals surface area (Å²) in [6, 6.07) is 15.9. The molecule has 138 valence electrons. The summed E-state index contributed by atoms with van der Waals surface area (Å²) in [5.74, 6) is 0.409. The molecule has 0 atom stereocenters. The van der Waals surface area contributed by atoms with Crippen LogP contribution >= 0.6 is 11.8 Å². The molecule has 0 unspecified atom stereocenters. The first-order chi connectivity index (χ1) is 13.1. The molecule has 3 rings (SSSR count). The Morgan fingerprint density at radius 3 is 2.74 bits per heavy atom. The van der Waals surface area contributed by atoms with E-state index in [2.05, 4.69) is 15.6 Å². The van der Waals surface area contributed by atoms with E-state index < -0.39 is 4.92 Å². The standard InChI is InChI=1S/C18H17N5O3S/c1-13-17(18(24)19-10-11-27-16-8-3-2-4-9-16)20-21-22(13)14-6-5-7-15(12-14)23(25)26/h2-9,12H,10-11H2,1H3,(H,19,24). The van der Waals surface area contributed by atoms with E-state index in [0.29, 0.717) is 17.9 Å². The summed E-state index contributed by atoms with van der Waals surface area (Å²) < 4.78 is 1.42. The van der Waals surface area contributed by atoms with Gasteiger partial charge in [-0.15, -0.1) is 16.9 Å². The zero-order chi connectivity index (χ0) is 19.2. The van der Waals surface area contributed by atoms with Gasteiger partial charge in [0.1, 0.15) is 0 Å². The lowest BCUT2D eigenvalue weighted by Crippen LogP contribution is -2.26. The molecular formula is C18H17N5O3S. The van der Waals surface area contributed by atoms with Crippen LogP contribution in [0.25, 0.3) is 5.69 Å². The number of benzene rings is 2. The highest BCUT2D eigenvalue weighted by Crippen LogP contribution is 2.19. The molecule has 0 radical (unpaired) electrons. The van der Waals surface area contributed by atoms with Crippen LogP contribution < -0.4 is 5.32 Å². The fraction of sp³-hybridized carbons (Fsp3) is 0.167. The van der Waals surface area contributed by atoms with E-state index in [0.717, 1.165) is 10.6 Å². The predicted octanol–water partition coefficient (Wildman–Crippen LogP) is 3.01. The number of non-ortho nitro benzene ring substituents is 1. The van der Waals surface area contributed by atoms with Crippen molar-refractivity contribution >= 4 is 23.4 Å².